The zero-order chi connectivity index (χ0) is 18.2. The fourth-order valence-electron chi connectivity index (χ4n) is 3.12. The molecule has 1 aromatic rings. The molecule has 2 N–H and O–H groups in total. The van der Waals surface area contributed by atoms with E-state index < -0.39 is 0 Å². The Labute approximate surface area is 177 Å². The van der Waals surface area contributed by atoms with Crippen LogP contribution in [0.15, 0.2) is 18.5 Å². The van der Waals surface area contributed by atoms with Crippen molar-refractivity contribution < 1.29 is 14.3 Å². The molecule has 0 spiro atoms. The molecule has 1 atom stereocenters. The van der Waals surface area contributed by atoms with E-state index in [9.17, 15) is 9.59 Å². The van der Waals surface area contributed by atoms with Crippen molar-refractivity contribution in [1.29, 1.82) is 0 Å². The van der Waals surface area contributed by atoms with Crippen LogP contribution in [0.25, 0.3) is 0 Å². The van der Waals surface area contributed by atoms with Crippen LogP contribution >= 0.6 is 24.8 Å². The molecule has 0 aromatic carbocycles. The van der Waals surface area contributed by atoms with E-state index in [1.165, 1.54) is 0 Å². The number of hydrogen-bond donors (Lipinski definition) is 2. The maximum absolute atomic E-state index is 12.3. The number of rotatable bonds is 6. The number of carbonyl (C=O) groups is 2. The Morgan fingerprint density at radius 1 is 1.18 bits per heavy atom. The number of aromatic nitrogens is 2. The summed E-state index contributed by atoms with van der Waals surface area (Å²) in [6.45, 7) is 5.12. The standard InChI is InChI=1S/C17H26N6O3.2ClH/c24-15(12-14-13-26-11-6-18-14)19-5-2-16(25)22-7-9-23(10-8-22)17-20-3-1-4-21-17;;/h1,3-4,14,18H,2,5-13H2,(H,19,24);2*1H. The van der Waals surface area contributed by atoms with E-state index >= 15 is 0 Å². The number of piperazine rings is 1. The Morgan fingerprint density at radius 3 is 2.54 bits per heavy atom. The number of nitrogens with zero attached hydrogens (tertiary/aromatic N) is 4. The van der Waals surface area contributed by atoms with E-state index in [0.717, 1.165) is 19.6 Å². The highest BCUT2D eigenvalue weighted by Gasteiger charge is 2.22. The van der Waals surface area contributed by atoms with Crippen LogP contribution in [0.5, 0.6) is 0 Å². The monoisotopic (exact) mass is 434 g/mol. The molecule has 2 aliphatic heterocycles. The van der Waals surface area contributed by atoms with E-state index in [1.807, 2.05) is 4.90 Å². The third kappa shape index (κ3) is 7.38. The minimum atomic E-state index is -0.0492. The fourth-order valence-corrected chi connectivity index (χ4v) is 3.12. The highest BCUT2D eigenvalue weighted by atomic mass is 35.5. The second-order valence-electron chi connectivity index (χ2n) is 6.45. The van der Waals surface area contributed by atoms with Crippen LogP contribution in [-0.2, 0) is 14.3 Å². The number of anilines is 1. The summed E-state index contributed by atoms with van der Waals surface area (Å²) in [7, 11) is 0. The lowest BCUT2D eigenvalue weighted by Crippen LogP contribution is -2.49. The molecule has 1 aromatic heterocycles. The second-order valence-corrected chi connectivity index (χ2v) is 6.45. The summed E-state index contributed by atoms with van der Waals surface area (Å²) in [5.41, 5.74) is 0. The number of morpholine rings is 1. The first-order chi connectivity index (χ1) is 12.7. The summed E-state index contributed by atoms with van der Waals surface area (Å²) in [5, 5.41) is 6.06. The smallest absolute Gasteiger partial charge is 0.225 e. The van der Waals surface area contributed by atoms with Crippen molar-refractivity contribution in [3.63, 3.8) is 0 Å². The second kappa shape index (κ2) is 12.7. The van der Waals surface area contributed by atoms with Gasteiger partial charge in [-0.2, -0.15) is 0 Å². The van der Waals surface area contributed by atoms with Gasteiger partial charge in [0.15, 0.2) is 0 Å². The summed E-state index contributed by atoms with van der Waals surface area (Å²) >= 11 is 0. The topological polar surface area (TPSA) is 99.7 Å². The normalized spacial score (nSPS) is 19.2. The van der Waals surface area contributed by atoms with Gasteiger partial charge in [0.05, 0.1) is 13.2 Å². The first-order valence-electron chi connectivity index (χ1n) is 9.10. The molecule has 0 saturated carbocycles. The average Bonchev–Trinajstić information content (AvgIpc) is 2.69. The largest absolute Gasteiger partial charge is 0.378 e. The van der Waals surface area contributed by atoms with Crippen LogP contribution < -0.4 is 15.5 Å². The molecule has 9 nitrogen and oxygen atoms in total. The minimum Gasteiger partial charge on any atom is -0.378 e. The van der Waals surface area contributed by atoms with E-state index in [4.69, 9.17) is 4.74 Å². The number of ether oxygens (including phenoxy) is 1. The van der Waals surface area contributed by atoms with E-state index in [0.29, 0.717) is 51.6 Å². The van der Waals surface area contributed by atoms with Gasteiger partial charge in [0.25, 0.3) is 0 Å². The van der Waals surface area contributed by atoms with Crippen LogP contribution in [0.3, 0.4) is 0 Å². The maximum Gasteiger partial charge on any atom is 0.225 e. The Kier molecular flexibility index (Phi) is 11.1. The third-order valence-corrected chi connectivity index (χ3v) is 4.56. The molecule has 11 heteroatoms. The molecule has 0 bridgehead atoms. The van der Waals surface area contributed by atoms with Gasteiger partial charge >= 0.3 is 0 Å². The molecule has 0 aliphatic carbocycles. The molecule has 0 radical (unpaired) electrons. The van der Waals surface area contributed by atoms with E-state index in [1.54, 1.807) is 18.5 Å². The van der Waals surface area contributed by atoms with E-state index in [2.05, 4.69) is 25.5 Å². The van der Waals surface area contributed by atoms with Crippen LogP contribution in [0, 0.1) is 0 Å². The van der Waals surface area contributed by atoms with Gasteiger partial charge in [0.1, 0.15) is 0 Å². The van der Waals surface area contributed by atoms with Gasteiger partial charge < -0.3 is 25.2 Å². The molecule has 2 aliphatic rings. The van der Waals surface area contributed by atoms with Crippen molar-refractivity contribution in [2.24, 2.45) is 0 Å². The maximum atomic E-state index is 12.3. The number of carbonyl (C=O) groups excluding carboxylic acids is 2. The lowest BCUT2D eigenvalue weighted by atomic mass is 10.2. The minimum absolute atomic E-state index is 0. The molecule has 158 valence electrons. The summed E-state index contributed by atoms with van der Waals surface area (Å²) in [6.07, 6.45) is 4.14. The molecular formula is C17H28Cl2N6O3. The van der Waals surface area contributed by atoms with Crippen molar-refractivity contribution in [2.75, 3.05) is 57.4 Å². The summed E-state index contributed by atoms with van der Waals surface area (Å²) in [6, 6.07) is 1.85. The Morgan fingerprint density at radius 2 is 1.89 bits per heavy atom. The molecular weight excluding hydrogens is 407 g/mol. The van der Waals surface area contributed by atoms with Gasteiger partial charge in [0.2, 0.25) is 17.8 Å². The lowest BCUT2D eigenvalue weighted by Gasteiger charge is -2.34. The highest BCUT2D eigenvalue weighted by Crippen LogP contribution is 2.10. The molecule has 3 heterocycles. The molecule has 3 rings (SSSR count). The van der Waals surface area contributed by atoms with Crippen LogP contribution in [0.2, 0.25) is 0 Å². The molecule has 1 unspecified atom stereocenters. The quantitative estimate of drug-likeness (QED) is 0.642. The van der Waals surface area contributed by atoms with Crippen molar-refractivity contribution >= 4 is 42.6 Å². The number of amides is 2. The first-order valence-corrected chi connectivity index (χ1v) is 9.10. The number of nitrogens with one attached hydrogen (secondary N) is 2. The van der Waals surface area contributed by atoms with Crippen LogP contribution in [0.4, 0.5) is 5.95 Å². The summed E-state index contributed by atoms with van der Waals surface area (Å²) in [5.74, 6) is 0.720. The zero-order valence-electron chi connectivity index (χ0n) is 15.7. The first kappa shape index (κ1) is 24.4. The summed E-state index contributed by atoms with van der Waals surface area (Å²) < 4.78 is 5.33. The van der Waals surface area contributed by atoms with Crippen molar-refractivity contribution in [2.45, 2.75) is 18.9 Å². The fraction of sp³-hybridized carbons (Fsp3) is 0.647. The van der Waals surface area contributed by atoms with Gasteiger partial charge in [-0.3, -0.25) is 9.59 Å². The highest BCUT2D eigenvalue weighted by molar-refractivity contribution is 5.85. The molecule has 28 heavy (non-hydrogen) atoms. The zero-order valence-corrected chi connectivity index (χ0v) is 17.3. The van der Waals surface area contributed by atoms with Crippen LogP contribution in [-0.4, -0.2) is 85.2 Å². The Bertz CT molecular complexity index is 596. The van der Waals surface area contributed by atoms with Crippen molar-refractivity contribution in [1.82, 2.24) is 25.5 Å². The van der Waals surface area contributed by atoms with Gasteiger partial charge in [-0.1, -0.05) is 0 Å². The molecule has 2 fully saturated rings. The van der Waals surface area contributed by atoms with Gasteiger partial charge in [0, 0.05) is 70.5 Å². The number of hydrogen-bond acceptors (Lipinski definition) is 7. The van der Waals surface area contributed by atoms with Crippen molar-refractivity contribution in [3.8, 4) is 0 Å². The summed E-state index contributed by atoms with van der Waals surface area (Å²) in [4.78, 5) is 36.6. The van der Waals surface area contributed by atoms with Gasteiger partial charge in [-0.25, -0.2) is 9.97 Å². The number of halogens is 2. The average molecular weight is 435 g/mol. The predicted molar refractivity (Wildman–Crippen MR) is 110 cm³/mol. The van der Waals surface area contributed by atoms with Gasteiger partial charge in [-0.15, -0.1) is 24.8 Å². The predicted octanol–water partition coefficient (Wildman–Crippen LogP) is -0.146. The van der Waals surface area contributed by atoms with E-state index in [-0.39, 0.29) is 42.7 Å². The third-order valence-electron chi connectivity index (χ3n) is 4.56. The Hall–Kier alpha value is -1.68. The Balaban J connectivity index is 0.00000196. The van der Waals surface area contributed by atoms with Gasteiger partial charge in [-0.05, 0) is 6.07 Å². The lowest BCUT2D eigenvalue weighted by molar-refractivity contribution is -0.131. The SMILES string of the molecule is Cl.Cl.O=C(CC1COCCN1)NCCC(=O)N1CCN(c2ncccn2)CC1. The van der Waals surface area contributed by atoms with Crippen molar-refractivity contribution in [3.05, 3.63) is 18.5 Å². The molecule has 2 amide bonds. The van der Waals surface area contributed by atoms with Crippen LogP contribution in [0.1, 0.15) is 12.8 Å². The molecule has 2 saturated heterocycles.